The fraction of sp³-hybridized carbons (Fsp3) is 0.276. The van der Waals surface area contributed by atoms with Crippen LogP contribution in [0.25, 0.3) is 33.7 Å². The molecule has 12 heteroatoms. The Morgan fingerprint density at radius 3 is 2.46 bits per heavy atom. The number of rotatable bonds is 5. The molecule has 0 aliphatic carbocycles. The van der Waals surface area contributed by atoms with Gasteiger partial charge in [0.2, 0.25) is 5.89 Å². The topological polar surface area (TPSA) is 97.7 Å². The number of fused-ring (bicyclic) bond motifs is 1. The highest BCUT2D eigenvalue weighted by atomic mass is 19.4. The number of carbonyl (C=O) groups excluding carboxylic acids is 1. The number of cyclic esters (lactones) is 1. The average Bonchev–Trinajstić information content (AvgIpc) is 3.66. The SMILES string of the molecule is COc1cc(F)c(-c2ccc(-c3n[nH]c(=O)o3)cc2C)cc1-c1ccc(C(F)(F)F)cc1[C@@H]1CCC2COC(=O)N21. The van der Waals surface area contributed by atoms with Gasteiger partial charge in [0.25, 0.3) is 0 Å². The van der Waals surface area contributed by atoms with Gasteiger partial charge in [0.15, 0.2) is 0 Å². The summed E-state index contributed by atoms with van der Waals surface area (Å²) in [4.78, 5) is 25.4. The van der Waals surface area contributed by atoms with Crippen LogP contribution in [-0.2, 0) is 10.9 Å². The van der Waals surface area contributed by atoms with Crippen LogP contribution >= 0.6 is 0 Å². The fourth-order valence-corrected chi connectivity index (χ4v) is 5.72. The molecule has 1 N–H and O–H groups in total. The quantitative estimate of drug-likeness (QED) is 0.276. The maximum Gasteiger partial charge on any atom is 0.434 e. The molecule has 0 spiro atoms. The molecule has 3 aromatic carbocycles. The van der Waals surface area contributed by atoms with Gasteiger partial charge in [-0.3, -0.25) is 4.90 Å². The highest BCUT2D eigenvalue weighted by Crippen LogP contribution is 2.47. The zero-order valence-electron chi connectivity index (χ0n) is 21.8. The van der Waals surface area contributed by atoms with Crippen LogP contribution in [-0.4, -0.2) is 40.9 Å². The second-order valence-electron chi connectivity index (χ2n) is 10.0. The molecule has 4 aromatic rings. The van der Waals surface area contributed by atoms with Gasteiger partial charge < -0.3 is 13.9 Å². The van der Waals surface area contributed by atoms with Crippen molar-refractivity contribution in [1.82, 2.24) is 15.1 Å². The molecule has 2 fully saturated rings. The van der Waals surface area contributed by atoms with Crippen LogP contribution < -0.4 is 10.5 Å². The Morgan fingerprint density at radius 2 is 1.78 bits per heavy atom. The zero-order chi connectivity index (χ0) is 29.1. The summed E-state index contributed by atoms with van der Waals surface area (Å²) in [6, 6.07) is 10.1. The molecule has 1 amide bonds. The highest BCUT2D eigenvalue weighted by Gasteiger charge is 2.45. The molecule has 3 heterocycles. The Balaban J connectivity index is 1.51. The third-order valence-corrected chi connectivity index (χ3v) is 7.63. The zero-order valence-corrected chi connectivity index (χ0v) is 21.8. The van der Waals surface area contributed by atoms with E-state index in [2.05, 4.69) is 10.2 Å². The van der Waals surface area contributed by atoms with E-state index in [1.807, 2.05) is 0 Å². The van der Waals surface area contributed by atoms with E-state index in [0.29, 0.717) is 40.7 Å². The van der Waals surface area contributed by atoms with Gasteiger partial charge in [-0.1, -0.05) is 12.1 Å². The molecule has 2 atom stereocenters. The van der Waals surface area contributed by atoms with Crippen molar-refractivity contribution in [1.29, 1.82) is 0 Å². The first-order valence-electron chi connectivity index (χ1n) is 12.8. The number of hydrogen-bond acceptors (Lipinski definition) is 6. The van der Waals surface area contributed by atoms with Crippen molar-refractivity contribution in [3.8, 4) is 39.5 Å². The summed E-state index contributed by atoms with van der Waals surface area (Å²) in [6.07, 6.45) is -4.15. The van der Waals surface area contributed by atoms with E-state index in [0.717, 1.165) is 12.1 Å². The largest absolute Gasteiger partial charge is 0.496 e. The van der Waals surface area contributed by atoms with Crippen molar-refractivity contribution in [3.05, 3.63) is 81.6 Å². The van der Waals surface area contributed by atoms with Crippen LogP contribution in [0.3, 0.4) is 0 Å². The molecule has 41 heavy (non-hydrogen) atoms. The molecule has 2 aliphatic heterocycles. The summed E-state index contributed by atoms with van der Waals surface area (Å²) in [7, 11) is 1.35. The number of benzene rings is 3. The predicted octanol–water partition coefficient (Wildman–Crippen LogP) is 6.49. The van der Waals surface area contributed by atoms with E-state index in [1.54, 1.807) is 25.1 Å². The molecule has 212 valence electrons. The van der Waals surface area contributed by atoms with Gasteiger partial charge in [0.1, 0.15) is 18.2 Å². The number of H-pyrrole nitrogens is 1. The number of alkyl halides is 3. The number of nitrogens with one attached hydrogen (secondary N) is 1. The molecule has 0 bridgehead atoms. The van der Waals surface area contributed by atoms with E-state index in [-0.39, 0.29) is 35.4 Å². The Morgan fingerprint density at radius 1 is 1.00 bits per heavy atom. The number of aromatic amines is 1. The lowest BCUT2D eigenvalue weighted by atomic mass is 9.88. The van der Waals surface area contributed by atoms with Gasteiger partial charge in [-0.25, -0.2) is 19.1 Å². The van der Waals surface area contributed by atoms with Crippen LogP contribution in [0.5, 0.6) is 5.75 Å². The highest BCUT2D eigenvalue weighted by molar-refractivity contribution is 5.82. The Hall–Kier alpha value is -4.61. The Bertz CT molecular complexity index is 1730. The number of methoxy groups -OCH3 is 1. The van der Waals surface area contributed by atoms with E-state index < -0.39 is 35.4 Å². The standard InChI is InChI=1S/C29H23F4N3O5/c1-14-9-15(26-34-35-27(37)41-26)3-6-18(14)20-11-22(25(39-2)12-23(20)30)19-7-4-16(29(31,32)33)10-21(19)24-8-5-17-13-40-28(38)36(17)24/h3-4,6-7,9-12,17,24H,5,8,13H2,1-2H3,(H,35,37)/t17?,24-/m0/s1. The first-order chi connectivity index (χ1) is 19.5. The number of aryl methyl sites for hydroxylation is 1. The van der Waals surface area contributed by atoms with Crippen molar-refractivity contribution in [3.63, 3.8) is 0 Å². The van der Waals surface area contributed by atoms with Gasteiger partial charge >= 0.3 is 18.0 Å². The van der Waals surface area contributed by atoms with E-state index in [4.69, 9.17) is 13.9 Å². The first kappa shape index (κ1) is 26.6. The van der Waals surface area contributed by atoms with Crippen molar-refractivity contribution >= 4 is 6.09 Å². The number of nitrogens with zero attached hydrogens (tertiary/aromatic N) is 2. The Labute approximate surface area is 230 Å². The van der Waals surface area contributed by atoms with Gasteiger partial charge in [-0.2, -0.15) is 13.2 Å². The maximum absolute atomic E-state index is 15.5. The third-order valence-electron chi connectivity index (χ3n) is 7.63. The second kappa shape index (κ2) is 9.79. The van der Waals surface area contributed by atoms with E-state index in [1.165, 1.54) is 30.2 Å². The van der Waals surface area contributed by atoms with Gasteiger partial charge in [0, 0.05) is 22.8 Å². The van der Waals surface area contributed by atoms with Gasteiger partial charge in [-0.05, 0) is 72.4 Å². The van der Waals surface area contributed by atoms with E-state index in [9.17, 15) is 22.8 Å². The predicted molar refractivity (Wildman–Crippen MR) is 139 cm³/mol. The van der Waals surface area contributed by atoms with Crippen LogP contribution in [0.2, 0.25) is 0 Å². The summed E-state index contributed by atoms with van der Waals surface area (Å²) in [5.74, 6) is -1.12. The minimum atomic E-state index is -4.61. The van der Waals surface area contributed by atoms with Crippen LogP contribution in [0.15, 0.2) is 57.7 Å². The summed E-state index contributed by atoms with van der Waals surface area (Å²) in [5, 5.41) is 6.00. The van der Waals surface area contributed by atoms with Crippen molar-refractivity contribution in [2.45, 2.75) is 38.0 Å². The summed E-state index contributed by atoms with van der Waals surface area (Å²) in [6.45, 7) is 1.93. The summed E-state index contributed by atoms with van der Waals surface area (Å²) >= 11 is 0. The van der Waals surface area contributed by atoms with Crippen molar-refractivity contribution in [2.24, 2.45) is 0 Å². The number of amides is 1. The molecule has 6 rings (SSSR count). The van der Waals surface area contributed by atoms with Crippen LogP contribution in [0, 0.1) is 12.7 Å². The maximum atomic E-state index is 15.5. The van der Waals surface area contributed by atoms with Crippen molar-refractivity contribution in [2.75, 3.05) is 13.7 Å². The molecular weight excluding hydrogens is 546 g/mol. The number of hydrogen-bond donors (Lipinski definition) is 1. The molecule has 0 saturated carbocycles. The smallest absolute Gasteiger partial charge is 0.434 e. The lowest BCUT2D eigenvalue weighted by molar-refractivity contribution is -0.137. The number of aromatic nitrogens is 2. The van der Waals surface area contributed by atoms with Crippen LogP contribution in [0.4, 0.5) is 22.4 Å². The number of halogens is 4. The van der Waals surface area contributed by atoms with Crippen molar-refractivity contribution < 1.29 is 36.2 Å². The molecule has 1 unspecified atom stereocenters. The van der Waals surface area contributed by atoms with Gasteiger partial charge in [0.05, 0.1) is 24.8 Å². The molecule has 2 aliphatic rings. The molecule has 1 aromatic heterocycles. The fourth-order valence-electron chi connectivity index (χ4n) is 5.72. The molecule has 8 nitrogen and oxygen atoms in total. The normalized spacial score (nSPS) is 18.5. The van der Waals surface area contributed by atoms with E-state index >= 15 is 4.39 Å². The molecule has 2 saturated heterocycles. The summed E-state index contributed by atoms with van der Waals surface area (Å²) < 4.78 is 72.6. The van der Waals surface area contributed by atoms with Gasteiger partial charge in [-0.15, -0.1) is 5.10 Å². The molecular formula is C29H23F4N3O5. The lowest BCUT2D eigenvalue weighted by Gasteiger charge is -2.26. The lowest BCUT2D eigenvalue weighted by Crippen LogP contribution is -2.30. The minimum absolute atomic E-state index is 0.0743. The van der Waals surface area contributed by atoms with Crippen LogP contribution in [0.1, 0.15) is 35.6 Å². The number of ether oxygens (including phenoxy) is 2. The first-order valence-corrected chi connectivity index (χ1v) is 12.8. The third kappa shape index (κ3) is 4.62. The second-order valence-corrected chi connectivity index (χ2v) is 10.0. The monoisotopic (exact) mass is 569 g/mol. The average molecular weight is 570 g/mol. The number of carbonyl (C=O) groups is 1. The summed E-state index contributed by atoms with van der Waals surface area (Å²) in [5.41, 5.74) is 1.99. The minimum Gasteiger partial charge on any atom is -0.496 e. The molecule has 0 radical (unpaired) electrons. The Kier molecular flexibility index (Phi) is 6.35.